The first-order chi connectivity index (χ1) is 18.2. The van der Waals surface area contributed by atoms with Gasteiger partial charge in [-0.25, -0.2) is 4.79 Å². The van der Waals surface area contributed by atoms with E-state index >= 15 is 0 Å². The third-order valence-corrected chi connectivity index (χ3v) is 6.22. The van der Waals surface area contributed by atoms with E-state index in [4.69, 9.17) is 4.74 Å². The molecule has 0 aromatic heterocycles. The Labute approximate surface area is 215 Å². The van der Waals surface area contributed by atoms with Gasteiger partial charge in [-0.3, -0.25) is 44.3 Å². The smallest absolute Gasteiger partial charge is 0.412 e. The number of nitrogens with zero attached hydrogens (tertiary/aromatic N) is 1. The summed E-state index contributed by atoms with van der Waals surface area (Å²) in [5, 5.41) is 13.9. The van der Waals surface area contributed by atoms with Crippen LogP contribution < -0.4 is 10.6 Å². The van der Waals surface area contributed by atoms with E-state index in [2.05, 4.69) is 10.6 Å². The highest BCUT2D eigenvalue weighted by molar-refractivity contribution is 6.26. The number of ketones is 1. The second kappa shape index (κ2) is 11.0. The molecule has 1 saturated heterocycles. The second-order valence-corrected chi connectivity index (χ2v) is 8.84. The number of piperidine rings is 1. The molecule has 1 unspecified atom stereocenters. The molecule has 5 amide bonds. The average molecular weight is 521 g/mol. The summed E-state index contributed by atoms with van der Waals surface area (Å²) in [6.45, 7) is -0.700. The lowest BCUT2D eigenvalue weighted by atomic mass is 9.94. The molecule has 0 spiro atoms. The summed E-state index contributed by atoms with van der Waals surface area (Å²) in [4.78, 5) is 86.7. The van der Waals surface area contributed by atoms with Gasteiger partial charge in [0.05, 0.1) is 22.7 Å². The molecule has 12 nitrogen and oxygen atoms in total. The van der Waals surface area contributed by atoms with Crippen molar-refractivity contribution in [1.29, 1.82) is 0 Å². The van der Waals surface area contributed by atoms with Gasteiger partial charge in [-0.15, -0.1) is 0 Å². The Bertz CT molecular complexity index is 1340. The molecule has 4 rings (SSSR count). The molecule has 3 N–H and O–H groups in total. The van der Waals surface area contributed by atoms with Gasteiger partial charge in [-0.05, 0) is 30.5 Å². The van der Waals surface area contributed by atoms with Gasteiger partial charge < -0.3 is 9.84 Å². The summed E-state index contributed by atoms with van der Waals surface area (Å²) >= 11 is 0. The number of hydrogen-bond donors (Lipinski definition) is 3. The molecular formula is C26H23N3O9. The van der Waals surface area contributed by atoms with Crippen molar-refractivity contribution in [2.75, 3.05) is 11.9 Å². The third-order valence-electron chi connectivity index (χ3n) is 6.22. The Morgan fingerprint density at radius 2 is 1.76 bits per heavy atom. The zero-order valence-corrected chi connectivity index (χ0v) is 20.0. The van der Waals surface area contributed by atoms with E-state index in [0.717, 1.165) is 10.5 Å². The van der Waals surface area contributed by atoms with E-state index in [0.29, 0.717) is 0 Å². The molecule has 2 aliphatic rings. The molecule has 2 aromatic rings. The van der Waals surface area contributed by atoms with Crippen molar-refractivity contribution < 1.29 is 43.4 Å². The summed E-state index contributed by atoms with van der Waals surface area (Å²) in [6.07, 6.45) is -1.38. The van der Waals surface area contributed by atoms with Crippen molar-refractivity contribution in [3.8, 4) is 0 Å². The van der Waals surface area contributed by atoms with Gasteiger partial charge in [0.2, 0.25) is 11.8 Å². The highest BCUT2D eigenvalue weighted by atomic mass is 16.6. The summed E-state index contributed by atoms with van der Waals surface area (Å²) < 4.78 is 4.93. The van der Waals surface area contributed by atoms with Crippen molar-refractivity contribution in [3.63, 3.8) is 0 Å². The summed E-state index contributed by atoms with van der Waals surface area (Å²) in [7, 11) is 0. The summed E-state index contributed by atoms with van der Waals surface area (Å²) in [5.41, 5.74) is 0.480. The Hall–Kier alpha value is -4.87. The molecular weight excluding hydrogens is 498 g/mol. The van der Waals surface area contributed by atoms with Gasteiger partial charge >= 0.3 is 12.1 Å². The van der Waals surface area contributed by atoms with E-state index in [9.17, 15) is 38.7 Å². The van der Waals surface area contributed by atoms with Crippen LogP contribution in [0.3, 0.4) is 0 Å². The van der Waals surface area contributed by atoms with Crippen LogP contribution in [-0.4, -0.2) is 64.1 Å². The van der Waals surface area contributed by atoms with E-state index in [-0.39, 0.29) is 42.5 Å². The minimum absolute atomic E-state index is 0.0232. The molecule has 2 heterocycles. The quantitative estimate of drug-likeness (QED) is 0.413. The highest BCUT2D eigenvalue weighted by Gasteiger charge is 2.45. The van der Waals surface area contributed by atoms with Crippen LogP contribution in [0.5, 0.6) is 0 Å². The van der Waals surface area contributed by atoms with Crippen LogP contribution in [0.2, 0.25) is 0 Å². The van der Waals surface area contributed by atoms with Crippen molar-refractivity contribution in [2.24, 2.45) is 5.92 Å². The molecule has 0 saturated carbocycles. The number of benzene rings is 2. The highest BCUT2D eigenvalue weighted by Crippen LogP contribution is 2.32. The standard InChI is InChI=1S/C26H23N3O9/c30-16(12-15(25(35)36)11-14-5-2-1-3-6-14)13-38-26(37)27-18-8-4-7-17-21(18)24(34)29(23(17)33)19-9-10-20(31)28-22(19)32/h1-8,15,19H,9-13H2,(H,27,37)(H,35,36)(H,28,31,32)/t15-,19?/m1/s1. The van der Waals surface area contributed by atoms with E-state index in [1.54, 1.807) is 30.3 Å². The normalized spacial score (nSPS) is 17.5. The molecule has 2 aromatic carbocycles. The number of hydrogen-bond acceptors (Lipinski definition) is 8. The predicted octanol–water partition coefficient (Wildman–Crippen LogP) is 1.54. The zero-order chi connectivity index (χ0) is 27.4. The number of carboxylic acids is 1. The molecule has 0 bridgehead atoms. The van der Waals surface area contributed by atoms with Gasteiger partial charge in [0.25, 0.3) is 11.8 Å². The number of fused-ring (bicyclic) bond motifs is 1. The molecule has 196 valence electrons. The maximum absolute atomic E-state index is 13.1. The SMILES string of the molecule is O=C(COC(=O)Nc1cccc2c1C(=O)N(C1CCC(=O)NC1=O)C2=O)C[C@@H](Cc1ccccc1)C(=O)O. The number of aliphatic carboxylic acids is 1. The maximum atomic E-state index is 13.1. The molecule has 12 heteroatoms. The first kappa shape index (κ1) is 26.2. The van der Waals surface area contributed by atoms with Gasteiger partial charge in [-0.1, -0.05) is 36.4 Å². The molecule has 1 fully saturated rings. The van der Waals surface area contributed by atoms with Crippen molar-refractivity contribution >= 4 is 47.2 Å². The number of carbonyl (C=O) groups is 7. The number of rotatable bonds is 9. The Balaban J connectivity index is 1.38. The Kier molecular flexibility index (Phi) is 7.61. The number of Topliss-reactive ketones (excluding diaryl/α,β-unsaturated/α-hetero) is 1. The van der Waals surface area contributed by atoms with Crippen LogP contribution in [0.25, 0.3) is 0 Å². The van der Waals surface area contributed by atoms with Crippen LogP contribution in [0.1, 0.15) is 45.5 Å². The zero-order valence-electron chi connectivity index (χ0n) is 20.0. The Morgan fingerprint density at radius 3 is 2.45 bits per heavy atom. The van der Waals surface area contributed by atoms with E-state index in [1.165, 1.54) is 18.2 Å². The lowest BCUT2D eigenvalue weighted by molar-refractivity contribution is -0.144. The lowest BCUT2D eigenvalue weighted by Gasteiger charge is -2.27. The van der Waals surface area contributed by atoms with Crippen LogP contribution in [0.15, 0.2) is 48.5 Å². The molecule has 2 aliphatic heterocycles. The Morgan fingerprint density at radius 1 is 1.03 bits per heavy atom. The first-order valence-electron chi connectivity index (χ1n) is 11.7. The molecule has 38 heavy (non-hydrogen) atoms. The van der Waals surface area contributed by atoms with Crippen molar-refractivity contribution in [1.82, 2.24) is 10.2 Å². The van der Waals surface area contributed by atoms with Gasteiger partial charge in [0.15, 0.2) is 12.4 Å². The topological polar surface area (TPSA) is 176 Å². The number of ether oxygens (including phenoxy) is 1. The second-order valence-electron chi connectivity index (χ2n) is 8.84. The number of imide groups is 2. The van der Waals surface area contributed by atoms with Crippen molar-refractivity contribution in [2.45, 2.75) is 31.7 Å². The monoisotopic (exact) mass is 521 g/mol. The fourth-order valence-electron chi connectivity index (χ4n) is 4.39. The lowest BCUT2D eigenvalue weighted by Crippen LogP contribution is -2.54. The van der Waals surface area contributed by atoms with Crippen molar-refractivity contribution in [3.05, 3.63) is 65.2 Å². The average Bonchev–Trinajstić information content (AvgIpc) is 3.13. The minimum Gasteiger partial charge on any atom is -0.481 e. The van der Waals surface area contributed by atoms with E-state index < -0.39 is 60.0 Å². The number of amides is 5. The third kappa shape index (κ3) is 5.59. The summed E-state index contributed by atoms with van der Waals surface area (Å²) in [5.74, 6) is -5.61. The fraction of sp³-hybridized carbons (Fsp3) is 0.269. The summed E-state index contributed by atoms with van der Waals surface area (Å²) in [6, 6.07) is 11.7. The fourth-order valence-corrected chi connectivity index (χ4v) is 4.39. The largest absolute Gasteiger partial charge is 0.481 e. The van der Waals surface area contributed by atoms with Gasteiger partial charge in [0.1, 0.15) is 6.04 Å². The first-order valence-corrected chi connectivity index (χ1v) is 11.7. The minimum atomic E-state index is -1.17. The molecule has 0 aliphatic carbocycles. The van der Waals surface area contributed by atoms with Crippen LogP contribution in [0.4, 0.5) is 10.5 Å². The van der Waals surface area contributed by atoms with Crippen LogP contribution in [0, 0.1) is 5.92 Å². The molecule has 2 atom stereocenters. The predicted molar refractivity (Wildman–Crippen MR) is 129 cm³/mol. The molecule has 0 radical (unpaired) electrons. The number of anilines is 1. The van der Waals surface area contributed by atoms with Crippen LogP contribution >= 0.6 is 0 Å². The van der Waals surface area contributed by atoms with Crippen LogP contribution in [-0.2, 0) is 30.3 Å². The number of carbonyl (C=O) groups excluding carboxylic acids is 6. The number of nitrogens with one attached hydrogen (secondary N) is 2. The van der Waals surface area contributed by atoms with Gasteiger partial charge in [0, 0.05) is 12.8 Å². The van der Waals surface area contributed by atoms with E-state index in [1.807, 2.05) is 0 Å². The maximum Gasteiger partial charge on any atom is 0.412 e. The number of carboxylic acid groups (broad SMARTS) is 1. The van der Waals surface area contributed by atoms with Gasteiger partial charge in [-0.2, -0.15) is 0 Å².